The van der Waals surface area contributed by atoms with Gasteiger partial charge in [0.05, 0.1) is 17.7 Å². The molecular formula is C17H15N3O2. The van der Waals surface area contributed by atoms with Crippen LogP contribution in [0.15, 0.2) is 55.0 Å². The summed E-state index contributed by atoms with van der Waals surface area (Å²) in [5.41, 5.74) is 3.18. The normalized spacial score (nSPS) is 20.0. The smallest absolute Gasteiger partial charge is 0.272 e. The number of nitrogens with one attached hydrogen (secondary N) is 1. The van der Waals surface area contributed by atoms with E-state index in [-0.39, 0.29) is 11.9 Å². The van der Waals surface area contributed by atoms with Gasteiger partial charge in [0.2, 0.25) is 0 Å². The van der Waals surface area contributed by atoms with Gasteiger partial charge in [-0.1, -0.05) is 30.3 Å². The highest BCUT2D eigenvalue weighted by Crippen LogP contribution is 2.31. The van der Waals surface area contributed by atoms with E-state index in [0.29, 0.717) is 12.1 Å². The fourth-order valence-corrected chi connectivity index (χ4v) is 3.08. The number of carbonyl (C=O) groups is 1. The van der Waals surface area contributed by atoms with Gasteiger partial charge in [0.25, 0.3) is 5.91 Å². The van der Waals surface area contributed by atoms with Crippen LogP contribution in [-0.2, 0) is 6.42 Å². The maximum Gasteiger partial charge on any atom is 0.272 e. The molecule has 4 rings (SSSR count). The van der Waals surface area contributed by atoms with E-state index in [2.05, 4.69) is 10.3 Å². The van der Waals surface area contributed by atoms with Gasteiger partial charge in [-0.15, -0.1) is 0 Å². The number of aromatic nitrogens is 2. The number of imidazole rings is 1. The number of fused-ring (bicyclic) bond motifs is 2. The van der Waals surface area contributed by atoms with Crippen LogP contribution in [0, 0.1) is 0 Å². The van der Waals surface area contributed by atoms with Crippen LogP contribution in [0.3, 0.4) is 0 Å². The summed E-state index contributed by atoms with van der Waals surface area (Å²) in [5, 5.41) is 13.1. The molecule has 2 N–H and O–H groups in total. The number of benzene rings is 1. The summed E-state index contributed by atoms with van der Waals surface area (Å²) in [6.07, 6.45) is 3.42. The van der Waals surface area contributed by atoms with Crippen LogP contribution in [0.1, 0.15) is 27.7 Å². The third kappa shape index (κ3) is 1.98. The summed E-state index contributed by atoms with van der Waals surface area (Å²) in [6, 6.07) is 13.0. The zero-order valence-corrected chi connectivity index (χ0v) is 11.8. The molecule has 1 aliphatic rings. The third-order valence-electron chi connectivity index (χ3n) is 4.15. The maximum absolute atomic E-state index is 12.5. The Bertz CT molecular complexity index is 856. The van der Waals surface area contributed by atoms with E-state index < -0.39 is 6.10 Å². The molecule has 0 fully saturated rings. The van der Waals surface area contributed by atoms with Crippen molar-refractivity contribution in [3.63, 3.8) is 0 Å². The van der Waals surface area contributed by atoms with Gasteiger partial charge in [0, 0.05) is 12.6 Å². The van der Waals surface area contributed by atoms with Gasteiger partial charge in [-0.2, -0.15) is 0 Å². The number of aliphatic hydroxyl groups is 1. The molecule has 0 unspecified atom stereocenters. The predicted molar refractivity (Wildman–Crippen MR) is 81.6 cm³/mol. The summed E-state index contributed by atoms with van der Waals surface area (Å²) in [7, 11) is 0. The van der Waals surface area contributed by atoms with Crippen LogP contribution in [0.4, 0.5) is 0 Å². The van der Waals surface area contributed by atoms with Crippen molar-refractivity contribution >= 4 is 11.4 Å². The lowest BCUT2D eigenvalue weighted by atomic mass is 10.1. The Balaban J connectivity index is 1.65. The second kappa shape index (κ2) is 4.96. The molecule has 110 valence electrons. The minimum Gasteiger partial charge on any atom is -0.390 e. The van der Waals surface area contributed by atoms with Gasteiger partial charge in [-0.05, 0) is 23.3 Å². The quantitative estimate of drug-likeness (QED) is 0.756. The fraction of sp³-hybridized carbons (Fsp3) is 0.176. The molecule has 2 heterocycles. The highest BCUT2D eigenvalue weighted by molar-refractivity contribution is 5.99. The van der Waals surface area contributed by atoms with Crippen molar-refractivity contribution in [3.05, 3.63) is 71.8 Å². The van der Waals surface area contributed by atoms with E-state index in [4.69, 9.17) is 0 Å². The summed E-state index contributed by atoms with van der Waals surface area (Å²) in [5.74, 6) is -0.269. The molecule has 3 aromatic rings. The number of hydrogen-bond donors (Lipinski definition) is 2. The van der Waals surface area contributed by atoms with Crippen molar-refractivity contribution in [2.75, 3.05) is 0 Å². The standard InChI is InChI=1S/C17H15N3O2/c21-14-9-11-5-1-2-6-12(11)15(14)19-17(22)16-13-7-3-4-8-20(13)10-18-16/h1-8,10,14-15,21H,9H2,(H,19,22)/t14-,15+/m1/s1. The van der Waals surface area contributed by atoms with Gasteiger partial charge in [-0.3, -0.25) is 4.79 Å². The summed E-state index contributed by atoms with van der Waals surface area (Å²) < 4.78 is 1.80. The van der Waals surface area contributed by atoms with E-state index in [1.165, 1.54) is 0 Å². The zero-order valence-electron chi connectivity index (χ0n) is 11.8. The first-order chi connectivity index (χ1) is 10.7. The zero-order chi connectivity index (χ0) is 15.1. The molecule has 0 bridgehead atoms. The maximum atomic E-state index is 12.5. The second-order valence-corrected chi connectivity index (χ2v) is 5.51. The van der Waals surface area contributed by atoms with Crippen molar-refractivity contribution in [2.45, 2.75) is 18.6 Å². The van der Waals surface area contributed by atoms with Gasteiger partial charge in [-0.25, -0.2) is 4.98 Å². The Morgan fingerprint density at radius 1 is 1.23 bits per heavy atom. The highest BCUT2D eigenvalue weighted by Gasteiger charge is 2.32. The average Bonchev–Trinajstić information content (AvgIpc) is 3.09. The van der Waals surface area contributed by atoms with Crippen molar-refractivity contribution in [1.29, 1.82) is 0 Å². The largest absolute Gasteiger partial charge is 0.390 e. The molecule has 0 saturated heterocycles. The van der Waals surface area contributed by atoms with Gasteiger partial charge in [0.1, 0.15) is 6.33 Å². The Hall–Kier alpha value is -2.66. The molecule has 0 aliphatic heterocycles. The fourth-order valence-electron chi connectivity index (χ4n) is 3.08. The molecule has 22 heavy (non-hydrogen) atoms. The first-order valence-corrected chi connectivity index (χ1v) is 7.22. The van der Waals surface area contributed by atoms with Gasteiger partial charge < -0.3 is 14.8 Å². The first kappa shape index (κ1) is 13.0. The van der Waals surface area contributed by atoms with Gasteiger partial charge in [0.15, 0.2) is 5.69 Å². The molecular weight excluding hydrogens is 278 g/mol. The molecule has 5 nitrogen and oxygen atoms in total. The minimum atomic E-state index is -0.602. The molecule has 0 saturated carbocycles. The molecule has 1 aliphatic carbocycles. The molecule has 2 atom stereocenters. The Morgan fingerprint density at radius 3 is 2.95 bits per heavy atom. The number of hydrogen-bond acceptors (Lipinski definition) is 3. The lowest BCUT2D eigenvalue weighted by molar-refractivity contribution is 0.0855. The van der Waals surface area contributed by atoms with Crippen LogP contribution in [0.5, 0.6) is 0 Å². The molecule has 2 aromatic heterocycles. The van der Waals surface area contributed by atoms with Crippen molar-refractivity contribution < 1.29 is 9.90 Å². The average molecular weight is 293 g/mol. The predicted octanol–water partition coefficient (Wildman–Crippen LogP) is 1.72. The number of aliphatic hydroxyl groups excluding tert-OH is 1. The molecule has 0 spiro atoms. The summed E-state index contributed by atoms with van der Waals surface area (Å²) >= 11 is 0. The van der Waals surface area contributed by atoms with Gasteiger partial charge >= 0.3 is 0 Å². The number of nitrogens with zero attached hydrogens (tertiary/aromatic N) is 2. The van der Waals surface area contributed by atoms with E-state index in [0.717, 1.165) is 16.6 Å². The Kier molecular flexibility index (Phi) is 2.94. The lowest BCUT2D eigenvalue weighted by Crippen LogP contribution is -2.34. The SMILES string of the molecule is O=C(N[C@H]1c2ccccc2C[C@H]1O)c1ncn2ccccc12. The Morgan fingerprint density at radius 2 is 2.05 bits per heavy atom. The van der Waals surface area contributed by atoms with Crippen LogP contribution < -0.4 is 5.32 Å². The van der Waals surface area contributed by atoms with Crippen LogP contribution in [0.2, 0.25) is 0 Å². The summed E-state index contributed by atoms with van der Waals surface area (Å²) in [6.45, 7) is 0. The summed E-state index contributed by atoms with van der Waals surface area (Å²) in [4.78, 5) is 16.7. The van der Waals surface area contributed by atoms with E-state index in [1.807, 2.05) is 48.7 Å². The van der Waals surface area contributed by atoms with Crippen molar-refractivity contribution in [3.8, 4) is 0 Å². The molecule has 0 radical (unpaired) electrons. The van der Waals surface area contributed by atoms with Crippen LogP contribution in [-0.4, -0.2) is 26.5 Å². The highest BCUT2D eigenvalue weighted by atomic mass is 16.3. The van der Waals surface area contributed by atoms with Crippen LogP contribution >= 0.6 is 0 Å². The molecule has 1 aromatic carbocycles. The van der Waals surface area contributed by atoms with E-state index in [1.54, 1.807) is 10.7 Å². The van der Waals surface area contributed by atoms with Crippen molar-refractivity contribution in [2.24, 2.45) is 0 Å². The monoisotopic (exact) mass is 293 g/mol. The number of amides is 1. The topological polar surface area (TPSA) is 66.6 Å². The number of carbonyl (C=O) groups excluding carboxylic acids is 1. The molecule has 5 heteroatoms. The van der Waals surface area contributed by atoms with Crippen molar-refractivity contribution in [1.82, 2.24) is 14.7 Å². The van der Waals surface area contributed by atoms with E-state index in [9.17, 15) is 9.90 Å². The number of rotatable bonds is 2. The number of pyridine rings is 1. The lowest BCUT2D eigenvalue weighted by Gasteiger charge is -2.17. The molecule has 1 amide bonds. The van der Waals surface area contributed by atoms with E-state index >= 15 is 0 Å². The second-order valence-electron chi connectivity index (χ2n) is 5.51. The first-order valence-electron chi connectivity index (χ1n) is 7.22. The minimum absolute atomic E-state index is 0.269. The third-order valence-corrected chi connectivity index (χ3v) is 4.15. The Labute approximate surface area is 127 Å². The van der Waals surface area contributed by atoms with Crippen LogP contribution in [0.25, 0.3) is 5.52 Å².